The molecule has 1 aromatic rings. The monoisotopic (exact) mass is 594 g/mol. The molecule has 2 amide bonds. The van der Waals surface area contributed by atoms with Crippen molar-refractivity contribution in [2.45, 2.75) is 27.9 Å². The third-order valence-electron chi connectivity index (χ3n) is 4.04. The number of aliphatic carboxylic acids is 1. The summed E-state index contributed by atoms with van der Waals surface area (Å²) in [6.07, 6.45) is 0. The van der Waals surface area contributed by atoms with Crippen molar-refractivity contribution in [1.29, 1.82) is 0 Å². The molecular formula is C14H11F3N4Na2O8S4. The number of nitrogens with zero attached hydrogens (tertiary/aromatic N) is 3. The Morgan fingerprint density at radius 2 is 1.94 bits per heavy atom. The Labute approximate surface area is 252 Å². The summed E-state index contributed by atoms with van der Waals surface area (Å²) in [7, 11) is -4.64. The quantitative estimate of drug-likeness (QED) is 0.123. The van der Waals surface area contributed by atoms with E-state index in [1.165, 1.54) is 0 Å². The molecule has 0 aromatic carbocycles. The van der Waals surface area contributed by atoms with Gasteiger partial charge in [0.1, 0.15) is 27.3 Å². The van der Waals surface area contributed by atoms with Gasteiger partial charge in [0.05, 0.1) is 17.4 Å². The number of nitrogens with one attached hydrogen (secondary N) is 1. The summed E-state index contributed by atoms with van der Waals surface area (Å²) in [5, 5.41) is 19.8. The minimum absolute atomic E-state index is 0. The van der Waals surface area contributed by atoms with Crippen molar-refractivity contribution < 1.29 is 109 Å². The summed E-state index contributed by atoms with van der Waals surface area (Å²) in [6.45, 7) is 0. The maximum absolute atomic E-state index is 12.4. The molecule has 3 heterocycles. The average Bonchev–Trinajstić information content (AvgIpc) is 3.12. The molecule has 1 saturated heterocycles. The minimum atomic E-state index is -4.64. The van der Waals surface area contributed by atoms with Crippen LogP contribution in [0.2, 0.25) is 0 Å². The second kappa shape index (κ2) is 13.2. The molecule has 1 fully saturated rings. The molecule has 0 aliphatic carbocycles. The Balaban J connectivity index is 0.00000306. The fourth-order valence-electron chi connectivity index (χ4n) is 2.80. The van der Waals surface area contributed by atoms with Crippen molar-refractivity contribution >= 4 is 63.2 Å². The van der Waals surface area contributed by atoms with Crippen LogP contribution >= 0.6 is 35.3 Å². The first-order valence-electron chi connectivity index (χ1n) is 8.52. The summed E-state index contributed by atoms with van der Waals surface area (Å²) in [4.78, 5) is 36.7. The number of thioether (sulfide) groups is 3. The van der Waals surface area contributed by atoms with Crippen LogP contribution in [0, 0.1) is 0 Å². The Morgan fingerprint density at radius 1 is 1.29 bits per heavy atom. The largest absolute Gasteiger partial charge is 1.00 e. The van der Waals surface area contributed by atoms with Gasteiger partial charge in [-0.2, -0.15) is 13.2 Å². The molecule has 2 aliphatic heterocycles. The second-order valence-corrected chi connectivity index (χ2v) is 10.9. The predicted molar refractivity (Wildman–Crippen MR) is 104 cm³/mol. The van der Waals surface area contributed by atoms with E-state index < -0.39 is 79.7 Å². The van der Waals surface area contributed by atoms with Crippen LogP contribution in [0.1, 0.15) is 5.89 Å². The van der Waals surface area contributed by atoms with Gasteiger partial charge in [0, 0.05) is 11.5 Å². The molecule has 12 nitrogen and oxygen atoms in total. The summed E-state index contributed by atoms with van der Waals surface area (Å²) in [6, 6.07) is -1.19. The van der Waals surface area contributed by atoms with Crippen LogP contribution < -0.4 is 69.5 Å². The van der Waals surface area contributed by atoms with E-state index in [-0.39, 0.29) is 81.4 Å². The Morgan fingerprint density at radius 3 is 2.51 bits per heavy atom. The number of carboxylic acid groups (broad SMARTS) is 1. The Hall–Kier alpha value is 0.0400. The fraction of sp³-hybridized carbons (Fsp3) is 0.500. The van der Waals surface area contributed by atoms with Crippen molar-refractivity contribution in [2.24, 2.45) is 0 Å². The first-order chi connectivity index (χ1) is 15.2. The van der Waals surface area contributed by atoms with Crippen LogP contribution in [0.4, 0.5) is 13.2 Å². The second-order valence-electron chi connectivity index (χ2n) is 6.38. The molecule has 2 aliphatic rings. The van der Waals surface area contributed by atoms with Crippen molar-refractivity contribution in [3.05, 3.63) is 17.2 Å². The number of amides is 2. The summed E-state index contributed by atoms with van der Waals surface area (Å²) >= 11 is 1.34. The predicted octanol–water partition coefficient (Wildman–Crippen LogP) is -7.13. The number of rotatable bonds is 9. The third kappa shape index (κ3) is 9.08. The molecule has 3 rings (SSSR count). The van der Waals surface area contributed by atoms with Gasteiger partial charge >= 0.3 is 64.6 Å². The molecule has 21 heteroatoms. The molecule has 2 atom stereocenters. The maximum atomic E-state index is 12.4. The zero-order valence-electron chi connectivity index (χ0n) is 17.9. The number of carboxylic acids is 1. The maximum Gasteiger partial charge on any atom is 1.00 e. The molecular weight excluding hydrogens is 583 g/mol. The molecule has 0 saturated carbocycles. The Kier molecular flexibility index (Phi) is 12.5. The summed E-state index contributed by atoms with van der Waals surface area (Å²) in [5.74, 6) is -5.92. The van der Waals surface area contributed by atoms with Gasteiger partial charge in [-0.3, -0.25) is 14.5 Å². The van der Waals surface area contributed by atoms with E-state index in [1.807, 2.05) is 0 Å². The number of aromatic nitrogens is 2. The van der Waals surface area contributed by atoms with Gasteiger partial charge in [-0.05, 0) is 17.3 Å². The van der Waals surface area contributed by atoms with E-state index in [0.717, 1.165) is 28.4 Å². The van der Waals surface area contributed by atoms with Gasteiger partial charge in [0.25, 0.3) is 11.1 Å². The standard InChI is InChI=1S/C14H13F3N4O8S4.2Na/c15-14(16,17)32-3-6(22)18-8-10(23)21-9(12(24)25)5(1-30-11(8)21)2-31-13-20-19-7(29-13)4-33(26,27)28;;/h8,11H,1-4H2,(H,18,22)(H,24,25)(H,26,27,28);;/q;2*+1/p-2/t8?,11-;;/m0../s1. The van der Waals surface area contributed by atoms with Crippen LogP contribution in [0.25, 0.3) is 0 Å². The van der Waals surface area contributed by atoms with Crippen molar-refractivity contribution in [3.8, 4) is 0 Å². The molecule has 1 unspecified atom stereocenters. The average molecular weight is 595 g/mol. The molecule has 1 aromatic heterocycles. The molecule has 1 N–H and O–H groups in total. The van der Waals surface area contributed by atoms with E-state index in [2.05, 4.69) is 15.5 Å². The number of carbonyl (C=O) groups is 3. The van der Waals surface area contributed by atoms with E-state index in [4.69, 9.17) is 4.42 Å². The van der Waals surface area contributed by atoms with E-state index in [0.29, 0.717) is 0 Å². The molecule has 182 valence electrons. The van der Waals surface area contributed by atoms with Crippen LogP contribution in [0.5, 0.6) is 0 Å². The normalized spacial score (nSPS) is 19.8. The van der Waals surface area contributed by atoms with E-state index >= 15 is 0 Å². The van der Waals surface area contributed by atoms with Gasteiger partial charge in [-0.25, -0.2) is 8.42 Å². The van der Waals surface area contributed by atoms with Gasteiger partial charge in [-0.1, -0.05) is 11.8 Å². The van der Waals surface area contributed by atoms with Crippen molar-refractivity contribution in [2.75, 3.05) is 17.3 Å². The van der Waals surface area contributed by atoms with Crippen LogP contribution in [-0.2, 0) is 30.3 Å². The number of fused-ring (bicyclic) bond motifs is 1. The van der Waals surface area contributed by atoms with Crippen molar-refractivity contribution in [1.82, 2.24) is 20.4 Å². The van der Waals surface area contributed by atoms with E-state index in [1.54, 1.807) is 0 Å². The smallest absolute Gasteiger partial charge is 0.748 e. The molecule has 0 bridgehead atoms. The first kappa shape index (κ1) is 33.1. The number of hydrogen-bond acceptors (Lipinski definition) is 13. The minimum Gasteiger partial charge on any atom is -0.748 e. The molecule has 0 spiro atoms. The van der Waals surface area contributed by atoms with Gasteiger partial charge in [0.15, 0.2) is 0 Å². The number of hydrogen-bond donors (Lipinski definition) is 1. The number of halogens is 3. The van der Waals surface area contributed by atoms with Gasteiger partial charge in [0.2, 0.25) is 11.8 Å². The number of alkyl halides is 3. The number of carbonyl (C=O) groups excluding carboxylic acids is 3. The molecule has 35 heavy (non-hydrogen) atoms. The Bertz CT molecular complexity index is 1120. The fourth-order valence-corrected chi connectivity index (χ4v) is 5.86. The van der Waals surface area contributed by atoms with Crippen molar-refractivity contribution in [3.63, 3.8) is 0 Å². The number of β-lactam (4-membered cyclic amide) rings is 1. The first-order valence-corrected chi connectivity index (χ1v) is 13.1. The van der Waals surface area contributed by atoms with Gasteiger partial charge in [-0.15, -0.1) is 22.0 Å². The molecule has 0 radical (unpaired) electrons. The zero-order valence-corrected chi connectivity index (χ0v) is 25.1. The van der Waals surface area contributed by atoms with Crippen LogP contribution in [0.3, 0.4) is 0 Å². The van der Waals surface area contributed by atoms with E-state index in [9.17, 15) is 45.6 Å². The summed E-state index contributed by atoms with van der Waals surface area (Å²) in [5.41, 5.74) is -4.84. The summed E-state index contributed by atoms with van der Waals surface area (Å²) < 4.78 is 73.8. The zero-order chi connectivity index (χ0) is 24.6. The third-order valence-corrected chi connectivity index (χ3v) is 7.62. The topological polar surface area (TPSA) is 186 Å². The van der Waals surface area contributed by atoms with Crippen LogP contribution in [-0.4, -0.2) is 80.0 Å². The SMILES string of the molecule is O=C(CSC(F)(F)F)NC1C(=O)N2C(C(=O)[O-])=C(CSc3nnc(CS(=O)(=O)[O-])o3)CS[C@@H]12.[Na+].[Na+]. The van der Waals surface area contributed by atoms with Crippen LogP contribution in [0.15, 0.2) is 20.9 Å². The van der Waals surface area contributed by atoms with Gasteiger partial charge < -0.3 is 24.2 Å².